The van der Waals surface area contributed by atoms with E-state index in [1.165, 1.54) is 0 Å². The van der Waals surface area contributed by atoms with Crippen molar-refractivity contribution in [3.05, 3.63) is 20.8 Å². The van der Waals surface area contributed by atoms with E-state index in [1.54, 1.807) is 11.3 Å². The molecule has 0 saturated carbocycles. The molecule has 1 atom stereocenters. The van der Waals surface area contributed by atoms with Crippen molar-refractivity contribution in [3.63, 3.8) is 0 Å². The fraction of sp³-hybridized carbons (Fsp3) is 0.444. The van der Waals surface area contributed by atoms with E-state index in [0.29, 0.717) is 6.54 Å². The highest BCUT2D eigenvalue weighted by Gasteiger charge is 2.23. The molecule has 1 amide bonds. The molecule has 1 aliphatic heterocycles. The van der Waals surface area contributed by atoms with Gasteiger partial charge >= 0.3 is 0 Å². The van der Waals surface area contributed by atoms with Crippen molar-refractivity contribution < 1.29 is 4.79 Å². The summed E-state index contributed by atoms with van der Waals surface area (Å²) in [5.74, 6) is 0.110. The first kappa shape index (κ1) is 13.0. The number of nitrogens with one attached hydrogen (secondary N) is 2. The molecule has 84 valence electrons. The van der Waals surface area contributed by atoms with Gasteiger partial charge in [-0.1, -0.05) is 0 Å². The normalized spacial score (nSPS) is 18.9. The first-order chi connectivity index (χ1) is 6.75. The van der Waals surface area contributed by atoms with E-state index in [9.17, 15) is 4.79 Å². The molecule has 0 aromatic carbocycles. The molecule has 0 aliphatic carbocycles. The lowest BCUT2D eigenvalue weighted by atomic mass is 10.1. The zero-order valence-electron chi connectivity index (χ0n) is 7.96. The molecular formula is C9H12BrClN2OS. The third kappa shape index (κ3) is 3.45. The summed E-state index contributed by atoms with van der Waals surface area (Å²) in [5, 5.41) is 8.01. The van der Waals surface area contributed by atoms with Crippen LogP contribution in [0.1, 0.15) is 12.0 Å². The van der Waals surface area contributed by atoms with Crippen LogP contribution in [0.15, 0.2) is 15.2 Å². The van der Waals surface area contributed by atoms with Crippen molar-refractivity contribution in [2.45, 2.75) is 19.0 Å². The summed E-state index contributed by atoms with van der Waals surface area (Å²) < 4.78 is 1.10. The second kappa shape index (κ2) is 5.84. The average molecular weight is 312 g/mol. The van der Waals surface area contributed by atoms with Crippen LogP contribution in [0.4, 0.5) is 0 Å². The quantitative estimate of drug-likeness (QED) is 0.895. The highest BCUT2D eigenvalue weighted by Crippen LogP contribution is 2.20. The van der Waals surface area contributed by atoms with Crippen LogP contribution in [0.25, 0.3) is 0 Å². The summed E-state index contributed by atoms with van der Waals surface area (Å²) in [4.78, 5) is 11.4. The van der Waals surface area contributed by atoms with Gasteiger partial charge in [0.05, 0.1) is 9.83 Å². The molecule has 0 radical (unpaired) electrons. The number of rotatable bonds is 3. The largest absolute Gasteiger partial charge is 0.351 e. The van der Waals surface area contributed by atoms with Gasteiger partial charge in [-0.15, -0.1) is 23.7 Å². The Morgan fingerprint density at radius 3 is 2.93 bits per heavy atom. The van der Waals surface area contributed by atoms with E-state index in [2.05, 4.69) is 26.6 Å². The first-order valence-corrected chi connectivity index (χ1v) is 6.17. The third-order valence-electron chi connectivity index (χ3n) is 2.23. The van der Waals surface area contributed by atoms with Crippen molar-refractivity contribution in [1.82, 2.24) is 10.6 Å². The minimum absolute atomic E-state index is 0. The summed E-state index contributed by atoms with van der Waals surface area (Å²) in [6.45, 7) is 1.58. The molecule has 2 heterocycles. The van der Waals surface area contributed by atoms with Gasteiger partial charge in [0.15, 0.2) is 0 Å². The van der Waals surface area contributed by atoms with E-state index < -0.39 is 0 Å². The molecule has 1 fully saturated rings. The SMILES string of the molecule is Cl.O=C(NCc1csc(Br)c1)[C@H]1CCN1. The van der Waals surface area contributed by atoms with Crippen LogP contribution in [-0.2, 0) is 11.3 Å². The summed E-state index contributed by atoms with van der Waals surface area (Å²) in [7, 11) is 0. The summed E-state index contributed by atoms with van der Waals surface area (Å²) in [6.07, 6.45) is 0.958. The Hall–Kier alpha value is -0.100. The molecule has 0 bridgehead atoms. The Bertz CT molecular complexity index is 341. The van der Waals surface area contributed by atoms with Crippen LogP contribution in [-0.4, -0.2) is 18.5 Å². The lowest BCUT2D eigenvalue weighted by Crippen LogP contribution is -2.52. The molecule has 0 spiro atoms. The van der Waals surface area contributed by atoms with Gasteiger partial charge in [0.25, 0.3) is 0 Å². The molecular weight excluding hydrogens is 300 g/mol. The fourth-order valence-corrected chi connectivity index (χ4v) is 2.47. The smallest absolute Gasteiger partial charge is 0.237 e. The molecule has 2 N–H and O–H groups in total. The fourth-order valence-electron chi connectivity index (χ4n) is 1.26. The van der Waals surface area contributed by atoms with Gasteiger partial charge in [-0.05, 0) is 45.9 Å². The monoisotopic (exact) mass is 310 g/mol. The number of amides is 1. The Balaban J connectivity index is 0.00000112. The predicted molar refractivity (Wildman–Crippen MR) is 67.5 cm³/mol. The van der Waals surface area contributed by atoms with Crippen molar-refractivity contribution in [3.8, 4) is 0 Å². The number of carbonyl (C=O) groups excluding carboxylic acids is 1. The number of hydrogen-bond donors (Lipinski definition) is 2. The second-order valence-corrected chi connectivity index (χ2v) is 5.56. The molecule has 1 aliphatic rings. The number of hydrogen-bond acceptors (Lipinski definition) is 3. The van der Waals surface area contributed by atoms with Gasteiger partial charge in [0.2, 0.25) is 5.91 Å². The van der Waals surface area contributed by atoms with E-state index in [4.69, 9.17) is 0 Å². The molecule has 1 aromatic rings. The summed E-state index contributed by atoms with van der Waals surface area (Å²) in [6, 6.07) is 2.07. The predicted octanol–water partition coefficient (Wildman–Crippen LogP) is 1.91. The minimum Gasteiger partial charge on any atom is -0.351 e. The Morgan fingerprint density at radius 2 is 2.47 bits per heavy atom. The molecule has 3 nitrogen and oxygen atoms in total. The molecule has 1 aromatic heterocycles. The maximum Gasteiger partial charge on any atom is 0.237 e. The highest BCUT2D eigenvalue weighted by atomic mass is 79.9. The van der Waals surface area contributed by atoms with Gasteiger partial charge in [-0.2, -0.15) is 0 Å². The number of carbonyl (C=O) groups is 1. The van der Waals surface area contributed by atoms with Crippen LogP contribution < -0.4 is 10.6 Å². The maximum atomic E-state index is 11.4. The van der Waals surface area contributed by atoms with E-state index in [-0.39, 0.29) is 24.4 Å². The second-order valence-electron chi connectivity index (χ2n) is 3.27. The Kier molecular flexibility index (Phi) is 5.05. The third-order valence-corrected chi connectivity index (χ3v) is 3.78. The van der Waals surface area contributed by atoms with Crippen molar-refractivity contribution in [2.24, 2.45) is 0 Å². The van der Waals surface area contributed by atoms with Crippen LogP contribution in [0.3, 0.4) is 0 Å². The maximum absolute atomic E-state index is 11.4. The van der Waals surface area contributed by atoms with Gasteiger partial charge in [-0.25, -0.2) is 0 Å². The first-order valence-electron chi connectivity index (χ1n) is 4.50. The molecule has 2 rings (SSSR count). The van der Waals surface area contributed by atoms with E-state index >= 15 is 0 Å². The Labute approximate surface area is 107 Å². The molecule has 0 unspecified atom stereocenters. The molecule has 6 heteroatoms. The van der Waals surface area contributed by atoms with Gasteiger partial charge in [-0.3, -0.25) is 4.79 Å². The zero-order valence-corrected chi connectivity index (χ0v) is 11.2. The van der Waals surface area contributed by atoms with Crippen LogP contribution >= 0.6 is 39.7 Å². The van der Waals surface area contributed by atoms with Crippen LogP contribution in [0.2, 0.25) is 0 Å². The molecule has 15 heavy (non-hydrogen) atoms. The summed E-state index contributed by atoms with van der Waals surface area (Å²) >= 11 is 5.02. The average Bonchev–Trinajstić information content (AvgIpc) is 2.45. The van der Waals surface area contributed by atoms with Crippen molar-refractivity contribution >= 4 is 45.6 Å². The van der Waals surface area contributed by atoms with Crippen LogP contribution in [0, 0.1) is 0 Å². The highest BCUT2D eigenvalue weighted by molar-refractivity contribution is 9.11. The van der Waals surface area contributed by atoms with Gasteiger partial charge in [0.1, 0.15) is 0 Å². The van der Waals surface area contributed by atoms with Gasteiger partial charge in [0, 0.05) is 6.54 Å². The Morgan fingerprint density at radius 1 is 1.73 bits per heavy atom. The number of halogens is 2. The van der Waals surface area contributed by atoms with E-state index in [0.717, 1.165) is 22.3 Å². The number of thiophene rings is 1. The van der Waals surface area contributed by atoms with E-state index in [1.807, 2.05) is 11.4 Å². The minimum atomic E-state index is 0. The van der Waals surface area contributed by atoms with Crippen molar-refractivity contribution in [1.29, 1.82) is 0 Å². The lowest BCUT2D eigenvalue weighted by molar-refractivity contribution is -0.124. The van der Waals surface area contributed by atoms with Crippen molar-refractivity contribution in [2.75, 3.05) is 6.54 Å². The standard InChI is InChI=1S/C9H11BrN2OS.ClH/c10-8-3-6(5-14-8)4-12-9(13)7-1-2-11-7;/h3,5,7,11H,1-2,4H2,(H,12,13);1H/t7-;/m1./s1. The summed E-state index contributed by atoms with van der Waals surface area (Å²) in [5.41, 5.74) is 1.15. The van der Waals surface area contributed by atoms with Crippen LogP contribution in [0.5, 0.6) is 0 Å². The topological polar surface area (TPSA) is 41.1 Å². The lowest BCUT2D eigenvalue weighted by Gasteiger charge is -2.26. The molecule has 1 saturated heterocycles. The zero-order chi connectivity index (χ0) is 9.97. The van der Waals surface area contributed by atoms with Gasteiger partial charge < -0.3 is 10.6 Å².